The van der Waals surface area contributed by atoms with E-state index in [1.54, 1.807) is 0 Å². The quantitative estimate of drug-likeness (QED) is 0.803. The Hall–Kier alpha value is -1.36. The number of halogens is 1. The lowest BCUT2D eigenvalue weighted by Crippen LogP contribution is -2.43. The molecule has 1 aromatic carbocycles. The Morgan fingerprint density at radius 3 is 2.43 bits per heavy atom. The van der Waals surface area contributed by atoms with Crippen LogP contribution in [0.5, 0.6) is 0 Å². The Morgan fingerprint density at radius 1 is 1.22 bits per heavy atom. The molecule has 1 aliphatic rings. The molecule has 0 bridgehead atoms. The number of carbonyl (C=O) groups is 2. The number of carbonyl (C=O) groups excluding carboxylic acids is 2. The summed E-state index contributed by atoms with van der Waals surface area (Å²) in [6.07, 6.45) is 6.94. The highest BCUT2D eigenvalue weighted by Gasteiger charge is 2.19. The lowest BCUT2D eigenvalue weighted by atomic mass is 10.1. The standard InChI is InChI=1S/C18H25BrN2O2/c1-13-9-10-16(11-17(13)19)21(14(2)22)12-18(23)20-15-7-5-3-4-6-8-15/h9-11,15H,3-8,12H2,1-2H3,(H,20,23). The van der Waals surface area contributed by atoms with Gasteiger partial charge in [-0.2, -0.15) is 0 Å². The summed E-state index contributed by atoms with van der Waals surface area (Å²) in [4.78, 5) is 25.8. The maximum absolute atomic E-state index is 12.3. The van der Waals surface area contributed by atoms with Gasteiger partial charge in [0.25, 0.3) is 0 Å². The largest absolute Gasteiger partial charge is 0.352 e. The van der Waals surface area contributed by atoms with Gasteiger partial charge >= 0.3 is 0 Å². The van der Waals surface area contributed by atoms with Gasteiger partial charge in [0, 0.05) is 23.1 Å². The Morgan fingerprint density at radius 2 is 1.87 bits per heavy atom. The highest BCUT2D eigenvalue weighted by Crippen LogP contribution is 2.24. The first-order chi connectivity index (χ1) is 11.0. The third-order valence-corrected chi connectivity index (χ3v) is 5.22. The molecule has 126 valence electrons. The molecule has 23 heavy (non-hydrogen) atoms. The van der Waals surface area contributed by atoms with E-state index in [2.05, 4.69) is 21.2 Å². The first kappa shape index (κ1) is 18.0. The molecule has 4 nitrogen and oxygen atoms in total. The molecule has 1 aromatic rings. The number of amides is 2. The van der Waals surface area contributed by atoms with Crippen molar-refractivity contribution in [3.63, 3.8) is 0 Å². The van der Waals surface area contributed by atoms with Crippen LogP contribution in [0.3, 0.4) is 0 Å². The molecule has 1 aliphatic carbocycles. The molecule has 1 N–H and O–H groups in total. The van der Waals surface area contributed by atoms with Crippen molar-refractivity contribution in [2.45, 2.75) is 58.4 Å². The molecule has 2 rings (SSSR count). The van der Waals surface area contributed by atoms with Crippen molar-refractivity contribution in [2.75, 3.05) is 11.4 Å². The lowest BCUT2D eigenvalue weighted by Gasteiger charge is -2.23. The fraction of sp³-hybridized carbons (Fsp3) is 0.556. The molecule has 1 fully saturated rings. The van der Waals surface area contributed by atoms with Crippen LogP contribution in [0.15, 0.2) is 22.7 Å². The van der Waals surface area contributed by atoms with Gasteiger partial charge in [0.1, 0.15) is 6.54 Å². The Balaban J connectivity index is 2.02. The summed E-state index contributed by atoms with van der Waals surface area (Å²) in [6, 6.07) is 5.96. The van der Waals surface area contributed by atoms with Crippen molar-refractivity contribution >= 4 is 33.4 Å². The second-order valence-corrected chi connectivity index (χ2v) is 7.15. The van der Waals surface area contributed by atoms with Crippen LogP contribution in [0.4, 0.5) is 5.69 Å². The van der Waals surface area contributed by atoms with E-state index in [9.17, 15) is 9.59 Å². The summed E-state index contributed by atoms with van der Waals surface area (Å²) in [5.41, 5.74) is 1.84. The van der Waals surface area contributed by atoms with Gasteiger partial charge in [-0.05, 0) is 37.5 Å². The SMILES string of the molecule is CC(=O)N(CC(=O)NC1CCCCCC1)c1ccc(C)c(Br)c1. The van der Waals surface area contributed by atoms with E-state index < -0.39 is 0 Å². The van der Waals surface area contributed by atoms with E-state index in [0.717, 1.165) is 28.6 Å². The van der Waals surface area contributed by atoms with Crippen molar-refractivity contribution < 1.29 is 9.59 Å². The predicted octanol–water partition coefficient (Wildman–Crippen LogP) is 3.95. The Kier molecular flexibility index (Phi) is 6.63. The third kappa shape index (κ3) is 5.34. The minimum Gasteiger partial charge on any atom is -0.352 e. The zero-order valence-electron chi connectivity index (χ0n) is 13.9. The lowest BCUT2D eigenvalue weighted by molar-refractivity contribution is -0.123. The number of nitrogens with zero attached hydrogens (tertiary/aromatic N) is 1. The Bertz CT molecular complexity index is 566. The van der Waals surface area contributed by atoms with Crippen molar-refractivity contribution in [1.82, 2.24) is 5.32 Å². The fourth-order valence-corrected chi connectivity index (χ4v) is 3.34. The number of anilines is 1. The van der Waals surface area contributed by atoms with E-state index in [-0.39, 0.29) is 24.4 Å². The highest BCUT2D eigenvalue weighted by molar-refractivity contribution is 9.10. The smallest absolute Gasteiger partial charge is 0.240 e. The van der Waals surface area contributed by atoms with Crippen molar-refractivity contribution in [3.8, 4) is 0 Å². The molecule has 0 aliphatic heterocycles. The summed E-state index contributed by atoms with van der Waals surface area (Å²) < 4.78 is 0.936. The van der Waals surface area contributed by atoms with Gasteiger partial charge in [-0.1, -0.05) is 47.7 Å². The monoisotopic (exact) mass is 380 g/mol. The molecule has 0 heterocycles. The molecule has 1 saturated carbocycles. The molecular formula is C18H25BrN2O2. The molecule has 0 radical (unpaired) electrons. The average molecular weight is 381 g/mol. The maximum Gasteiger partial charge on any atom is 0.240 e. The molecule has 0 spiro atoms. The summed E-state index contributed by atoms with van der Waals surface area (Å²) in [7, 11) is 0. The van der Waals surface area contributed by atoms with Gasteiger partial charge in [0.2, 0.25) is 11.8 Å². The van der Waals surface area contributed by atoms with Crippen LogP contribution in [0.25, 0.3) is 0 Å². The summed E-state index contributed by atoms with van der Waals surface area (Å²) in [6.45, 7) is 3.55. The van der Waals surface area contributed by atoms with Crippen molar-refractivity contribution in [3.05, 3.63) is 28.2 Å². The van der Waals surface area contributed by atoms with Crippen molar-refractivity contribution in [1.29, 1.82) is 0 Å². The number of benzene rings is 1. The molecule has 0 unspecified atom stereocenters. The second-order valence-electron chi connectivity index (χ2n) is 6.29. The van der Waals surface area contributed by atoms with Crippen LogP contribution in [0, 0.1) is 6.92 Å². The third-order valence-electron chi connectivity index (χ3n) is 4.37. The average Bonchev–Trinajstić information content (AvgIpc) is 2.76. The number of hydrogen-bond donors (Lipinski definition) is 1. The second kappa shape index (κ2) is 8.48. The van der Waals surface area contributed by atoms with Crippen LogP contribution >= 0.6 is 15.9 Å². The molecule has 0 atom stereocenters. The molecule has 2 amide bonds. The molecule has 0 aromatic heterocycles. The first-order valence-electron chi connectivity index (χ1n) is 8.31. The van der Waals surface area contributed by atoms with E-state index in [4.69, 9.17) is 0 Å². The number of aryl methyl sites for hydroxylation is 1. The normalized spacial score (nSPS) is 15.8. The van der Waals surface area contributed by atoms with E-state index in [1.807, 2.05) is 25.1 Å². The first-order valence-corrected chi connectivity index (χ1v) is 9.10. The summed E-state index contributed by atoms with van der Waals surface area (Å²) in [5.74, 6) is -0.208. The van der Waals surface area contributed by atoms with Gasteiger partial charge < -0.3 is 10.2 Å². The topological polar surface area (TPSA) is 49.4 Å². The van der Waals surface area contributed by atoms with E-state index in [1.165, 1.54) is 37.5 Å². The van der Waals surface area contributed by atoms with Gasteiger partial charge in [0.15, 0.2) is 0 Å². The number of nitrogens with one attached hydrogen (secondary N) is 1. The minimum atomic E-state index is -0.128. The van der Waals surface area contributed by atoms with Crippen molar-refractivity contribution in [2.24, 2.45) is 0 Å². The summed E-state index contributed by atoms with van der Waals surface area (Å²) in [5, 5.41) is 3.10. The predicted molar refractivity (Wildman–Crippen MR) is 96.5 cm³/mol. The number of hydrogen-bond acceptors (Lipinski definition) is 2. The minimum absolute atomic E-state index is 0.0708. The molecular weight excluding hydrogens is 356 g/mol. The summed E-state index contributed by atoms with van der Waals surface area (Å²) >= 11 is 3.48. The van der Waals surface area contributed by atoms with Crippen LogP contribution in [0.1, 0.15) is 51.0 Å². The zero-order valence-corrected chi connectivity index (χ0v) is 15.5. The Labute approximate surface area is 146 Å². The van der Waals surface area contributed by atoms with Crippen LogP contribution in [0.2, 0.25) is 0 Å². The van der Waals surface area contributed by atoms with Crippen LogP contribution in [-0.2, 0) is 9.59 Å². The maximum atomic E-state index is 12.3. The number of rotatable bonds is 4. The highest BCUT2D eigenvalue weighted by atomic mass is 79.9. The van der Waals surface area contributed by atoms with Gasteiger partial charge in [-0.25, -0.2) is 0 Å². The molecule has 5 heteroatoms. The van der Waals surface area contributed by atoms with Gasteiger partial charge in [0.05, 0.1) is 0 Å². The fourth-order valence-electron chi connectivity index (χ4n) is 2.97. The van der Waals surface area contributed by atoms with E-state index >= 15 is 0 Å². The van der Waals surface area contributed by atoms with E-state index in [0.29, 0.717) is 0 Å². The zero-order chi connectivity index (χ0) is 16.8. The van der Waals surface area contributed by atoms with Crippen LogP contribution in [-0.4, -0.2) is 24.4 Å². The van der Waals surface area contributed by atoms with Gasteiger partial charge in [-0.3, -0.25) is 9.59 Å². The van der Waals surface area contributed by atoms with Gasteiger partial charge in [-0.15, -0.1) is 0 Å². The van der Waals surface area contributed by atoms with Crippen LogP contribution < -0.4 is 10.2 Å². The molecule has 0 saturated heterocycles.